The van der Waals surface area contributed by atoms with E-state index in [0.29, 0.717) is 11.3 Å². The van der Waals surface area contributed by atoms with Gasteiger partial charge in [-0.05, 0) is 18.9 Å². The third-order valence-electron chi connectivity index (χ3n) is 2.82. The SMILES string of the molecule is O=C(O)C1=NN=C2C=CC3(C=C21)CC3. The molecule has 3 aliphatic rings. The van der Waals surface area contributed by atoms with Crippen molar-refractivity contribution in [1.82, 2.24) is 0 Å². The molecule has 1 fully saturated rings. The van der Waals surface area contributed by atoms with Gasteiger partial charge in [-0.3, -0.25) is 0 Å². The summed E-state index contributed by atoms with van der Waals surface area (Å²) in [5.74, 6) is -0.999. The highest BCUT2D eigenvalue weighted by atomic mass is 16.4. The first kappa shape index (κ1) is 7.67. The fourth-order valence-electron chi connectivity index (χ4n) is 1.79. The molecule has 4 heteroatoms. The minimum absolute atomic E-state index is 0.0793. The Kier molecular flexibility index (Phi) is 1.21. The highest BCUT2D eigenvalue weighted by Crippen LogP contribution is 2.51. The molecule has 0 aromatic heterocycles. The number of carboxylic acids is 1. The van der Waals surface area contributed by atoms with Crippen LogP contribution >= 0.6 is 0 Å². The molecule has 0 saturated heterocycles. The summed E-state index contributed by atoms with van der Waals surface area (Å²) in [5.41, 5.74) is 1.57. The van der Waals surface area contributed by atoms with E-state index >= 15 is 0 Å². The van der Waals surface area contributed by atoms with Gasteiger partial charge in [0.2, 0.25) is 0 Å². The van der Waals surface area contributed by atoms with Crippen LogP contribution in [0.3, 0.4) is 0 Å². The standard InChI is InChI=1S/C10H8N2O2/c13-9(14)8-6-5-10(3-4-10)2-1-7(6)11-12-8/h1-2,5H,3-4H2,(H,13,14). The summed E-state index contributed by atoms with van der Waals surface area (Å²) in [6.45, 7) is 0. The van der Waals surface area contributed by atoms with Gasteiger partial charge in [-0.1, -0.05) is 12.2 Å². The largest absolute Gasteiger partial charge is 0.476 e. The number of fused-ring (bicyclic) bond motifs is 1. The lowest BCUT2D eigenvalue weighted by Gasteiger charge is -2.11. The molecular formula is C10H8N2O2. The third-order valence-corrected chi connectivity index (χ3v) is 2.82. The lowest BCUT2D eigenvalue weighted by atomic mass is 9.91. The molecule has 2 aliphatic carbocycles. The van der Waals surface area contributed by atoms with Gasteiger partial charge in [0.05, 0.1) is 5.71 Å². The fourth-order valence-corrected chi connectivity index (χ4v) is 1.79. The second kappa shape index (κ2) is 2.20. The molecule has 4 nitrogen and oxygen atoms in total. The van der Waals surface area contributed by atoms with Crippen molar-refractivity contribution >= 4 is 17.4 Å². The predicted molar refractivity (Wildman–Crippen MR) is 51.4 cm³/mol. The fraction of sp³-hybridized carbons (Fsp3) is 0.300. The van der Waals surface area contributed by atoms with Gasteiger partial charge in [0.1, 0.15) is 0 Å². The van der Waals surface area contributed by atoms with E-state index in [1.165, 1.54) is 0 Å². The van der Waals surface area contributed by atoms with Crippen molar-refractivity contribution in [3.8, 4) is 0 Å². The van der Waals surface area contributed by atoms with Crippen LogP contribution in [0.25, 0.3) is 0 Å². The second-order valence-electron chi connectivity index (χ2n) is 3.86. The van der Waals surface area contributed by atoms with E-state index in [9.17, 15) is 4.79 Å². The van der Waals surface area contributed by atoms with E-state index in [1.54, 1.807) is 0 Å². The topological polar surface area (TPSA) is 62.0 Å². The molecule has 0 amide bonds. The van der Waals surface area contributed by atoms with Crippen LogP contribution in [0.2, 0.25) is 0 Å². The first-order valence-corrected chi connectivity index (χ1v) is 4.52. The second-order valence-corrected chi connectivity index (χ2v) is 3.86. The first-order valence-electron chi connectivity index (χ1n) is 4.52. The maximum absolute atomic E-state index is 10.8. The van der Waals surface area contributed by atoms with Crippen molar-refractivity contribution in [2.24, 2.45) is 15.6 Å². The van der Waals surface area contributed by atoms with Gasteiger partial charge in [-0.15, -0.1) is 10.2 Å². The van der Waals surface area contributed by atoms with E-state index in [0.717, 1.165) is 12.8 Å². The summed E-state index contributed by atoms with van der Waals surface area (Å²) < 4.78 is 0. The number of carbonyl (C=O) groups is 1. The van der Waals surface area contributed by atoms with Crippen molar-refractivity contribution in [3.63, 3.8) is 0 Å². The smallest absolute Gasteiger partial charge is 0.357 e. The number of hydrogen-bond acceptors (Lipinski definition) is 3. The first-order chi connectivity index (χ1) is 6.70. The average Bonchev–Trinajstić information content (AvgIpc) is 2.77. The molecule has 0 bridgehead atoms. The number of hydrogen-bond donors (Lipinski definition) is 1. The number of carboxylic acid groups (broad SMARTS) is 1. The van der Waals surface area contributed by atoms with Gasteiger partial charge in [0.25, 0.3) is 0 Å². The molecular weight excluding hydrogens is 180 g/mol. The van der Waals surface area contributed by atoms with E-state index in [-0.39, 0.29) is 11.1 Å². The maximum atomic E-state index is 10.8. The molecule has 0 unspecified atom stereocenters. The zero-order chi connectivity index (χ0) is 9.76. The van der Waals surface area contributed by atoms with Crippen LogP contribution < -0.4 is 0 Å². The lowest BCUT2D eigenvalue weighted by Crippen LogP contribution is -2.19. The number of nitrogens with zero attached hydrogens (tertiary/aromatic N) is 2. The van der Waals surface area contributed by atoms with E-state index in [2.05, 4.69) is 16.3 Å². The summed E-state index contributed by atoms with van der Waals surface area (Å²) in [4.78, 5) is 10.8. The van der Waals surface area contributed by atoms with Crippen LogP contribution in [0.4, 0.5) is 0 Å². The Labute approximate surface area is 80.3 Å². The van der Waals surface area contributed by atoms with Crippen LogP contribution in [0, 0.1) is 5.41 Å². The Hall–Kier alpha value is -1.71. The minimum Gasteiger partial charge on any atom is -0.476 e. The monoisotopic (exact) mass is 188 g/mol. The van der Waals surface area contributed by atoms with E-state index in [4.69, 9.17) is 5.11 Å². The van der Waals surface area contributed by atoms with Crippen molar-refractivity contribution < 1.29 is 9.90 Å². The van der Waals surface area contributed by atoms with Crippen LogP contribution in [0.5, 0.6) is 0 Å². The van der Waals surface area contributed by atoms with Crippen LogP contribution in [-0.4, -0.2) is 22.5 Å². The number of allylic oxidation sites excluding steroid dienone is 3. The summed E-state index contributed by atoms with van der Waals surface area (Å²) >= 11 is 0. The van der Waals surface area contributed by atoms with Crippen LogP contribution in [-0.2, 0) is 4.79 Å². The Bertz CT molecular complexity index is 451. The van der Waals surface area contributed by atoms with Crippen molar-refractivity contribution in [1.29, 1.82) is 0 Å². The Morgan fingerprint density at radius 1 is 1.43 bits per heavy atom. The van der Waals surface area contributed by atoms with Crippen molar-refractivity contribution in [2.45, 2.75) is 12.8 Å². The molecule has 0 aromatic rings. The van der Waals surface area contributed by atoms with Gasteiger partial charge in [-0.25, -0.2) is 4.79 Å². The molecule has 0 aromatic carbocycles. The van der Waals surface area contributed by atoms with Gasteiger partial charge in [0.15, 0.2) is 5.71 Å². The summed E-state index contributed by atoms with van der Waals surface area (Å²) in [6.07, 6.45) is 8.17. The van der Waals surface area contributed by atoms with Crippen LogP contribution in [0.15, 0.2) is 34.0 Å². The zero-order valence-corrected chi connectivity index (χ0v) is 7.40. The summed E-state index contributed by atoms with van der Waals surface area (Å²) in [6, 6.07) is 0. The predicted octanol–water partition coefficient (Wildman–Crippen LogP) is 1.16. The van der Waals surface area contributed by atoms with Gasteiger partial charge < -0.3 is 5.11 Å². The average molecular weight is 188 g/mol. The van der Waals surface area contributed by atoms with Gasteiger partial charge in [-0.2, -0.15) is 0 Å². The van der Waals surface area contributed by atoms with E-state index in [1.807, 2.05) is 12.2 Å². The zero-order valence-electron chi connectivity index (χ0n) is 7.40. The van der Waals surface area contributed by atoms with Crippen LogP contribution in [0.1, 0.15) is 12.8 Å². The minimum atomic E-state index is -0.999. The molecule has 1 spiro atoms. The quantitative estimate of drug-likeness (QED) is 0.671. The third kappa shape index (κ3) is 0.907. The number of rotatable bonds is 1. The molecule has 1 heterocycles. The van der Waals surface area contributed by atoms with Crippen molar-refractivity contribution in [3.05, 3.63) is 23.8 Å². The van der Waals surface area contributed by atoms with E-state index < -0.39 is 5.97 Å². The maximum Gasteiger partial charge on any atom is 0.357 e. The highest BCUT2D eigenvalue weighted by Gasteiger charge is 2.42. The van der Waals surface area contributed by atoms with Crippen molar-refractivity contribution in [2.75, 3.05) is 0 Å². The molecule has 1 aliphatic heterocycles. The molecule has 14 heavy (non-hydrogen) atoms. The molecule has 1 saturated carbocycles. The molecule has 70 valence electrons. The normalized spacial score (nSPS) is 25.3. The summed E-state index contributed by atoms with van der Waals surface area (Å²) in [7, 11) is 0. The molecule has 0 atom stereocenters. The molecule has 1 N–H and O–H groups in total. The van der Waals surface area contributed by atoms with Gasteiger partial charge in [0, 0.05) is 11.0 Å². The highest BCUT2D eigenvalue weighted by molar-refractivity contribution is 6.52. The lowest BCUT2D eigenvalue weighted by molar-refractivity contribution is -0.129. The Morgan fingerprint density at radius 3 is 2.86 bits per heavy atom. The Balaban J connectivity index is 2.06. The number of aliphatic carboxylic acids is 1. The molecule has 0 radical (unpaired) electrons. The Morgan fingerprint density at radius 2 is 2.21 bits per heavy atom. The molecule has 3 rings (SSSR count). The van der Waals surface area contributed by atoms with Gasteiger partial charge >= 0.3 is 5.97 Å². The summed E-state index contributed by atoms with van der Waals surface area (Å²) in [5, 5.41) is 16.4.